The van der Waals surface area contributed by atoms with Crippen molar-refractivity contribution in [2.24, 2.45) is 11.8 Å². The van der Waals surface area contributed by atoms with Gasteiger partial charge in [-0.1, -0.05) is 19.1 Å². The quantitative estimate of drug-likeness (QED) is 0.908. The van der Waals surface area contributed by atoms with E-state index in [9.17, 15) is 13.6 Å². The molecule has 0 aliphatic carbocycles. The first-order valence-electron chi connectivity index (χ1n) is 6.90. The highest BCUT2D eigenvalue weighted by atomic mass is 19.3. The molecular formula is C15H19F2NO3. The van der Waals surface area contributed by atoms with Crippen molar-refractivity contribution in [3.8, 4) is 5.75 Å². The van der Waals surface area contributed by atoms with Crippen LogP contribution in [0.25, 0.3) is 0 Å². The van der Waals surface area contributed by atoms with Crippen LogP contribution in [0.4, 0.5) is 8.78 Å². The summed E-state index contributed by atoms with van der Waals surface area (Å²) in [6.07, 6.45) is 0. The molecule has 1 saturated heterocycles. The van der Waals surface area contributed by atoms with Crippen LogP contribution in [0.15, 0.2) is 24.3 Å². The van der Waals surface area contributed by atoms with Crippen LogP contribution in [0.1, 0.15) is 25.5 Å². The third kappa shape index (κ3) is 3.69. The molecule has 0 spiro atoms. The molecule has 4 nitrogen and oxygen atoms in total. The molecule has 1 fully saturated rings. The summed E-state index contributed by atoms with van der Waals surface area (Å²) in [5, 5.41) is 9.17. The van der Waals surface area contributed by atoms with Crippen LogP contribution in [0.3, 0.4) is 0 Å². The fourth-order valence-corrected chi connectivity index (χ4v) is 2.80. The van der Waals surface area contributed by atoms with Gasteiger partial charge < -0.3 is 9.84 Å². The Morgan fingerprint density at radius 3 is 2.71 bits per heavy atom. The number of benzene rings is 1. The average Bonchev–Trinajstić information content (AvgIpc) is 2.79. The highest BCUT2D eigenvalue weighted by Gasteiger charge is 2.36. The summed E-state index contributed by atoms with van der Waals surface area (Å²) >= 11 is 0. The fraction of sp³-hybridized carbons (Fsp3) is 0.533. The number of rotatable bonds is 5. The molecule has 1 N–H and O–H groups in total. The van der Waals surface area contributed by atoms with Crippen molar-refractivity contribution in [3.63, 3.8) is 0 Å². The average molecular weight is 299 g/mol. The number of hydrogen-bond donors (Lipinski definition) is 1. The molecule has 0 amide bonds. The Bertz CT molecular complexity index is 509. The number of carboxylic acid groups (broad SMARTS) is 1. The summed E-state index contributed by atoms with van der Waals surface area (Å²) in [4.78, 5) is 13.2. The summed E-state index contributed by atoms with van der Waals surface area (Å²) in [6, 6.07) is 6.52. The van der Waals surface area contributed by atoms with Crippen LogP contribution < -0.4 is 4.74 Å². The predicted molar refractivity (Wildman–Crippen MR) is 73.4 cm³/mol. The number of likely N-dealkylation sites (tertiary alicyclic amines) is 1. The van der Waals surface area contributed by atoms with Crippen molar-refractivity contribution in [1.82, 2.24) is 4.90 Å². The van der Waals surface area contributed by atoms with Gasteiger partial charge in [-0.15, -0.1) is 0 Å². The van der Waals surface area contributed by atoms with Crippen molar-refractivity contribution in [2.45, 2.75) is 26.5 Å². The van der Waals surface area contributed by atoms with Gasteiger partial charge in [0.1, 0.15) is 5.75 Å². The van der Waals surface area contributed by atoms with E-state index in [1.165, 1.54) is 6.07 Å². The van der Waals surface area contributed by atoms with E-state index in [4.69, 9.17) is 5.11 Å². The van der Waals surface area contributed by atoms with Gasteiger partial charge in [0.15, 0.2) is 0 Å². The largest absolute Gasteiger partial charge is 0.481 e. The van der Waals surface area contributed by atoms with Crippen molar-refractivity contribution in [1.29, 1.82) is 0 Å². The maximum atomic E-state index is 12.2. The summed E-state index contributed by atoms with van der Waals surface area (Å²) in [7, 11) is 0. The molecule has 1 unspecified atom stereocenters. The Morgan fingerprint density at radius 2 is 2.14 bits per heavy atom. The number of alkyl halides is 2. The van der Waals surface area contributed by atoms with E-state index in [1.54, 1.807) is 12.1 Å². The Balaban J connectivity index is 2.10. The minimum absolute atomic E-state index is 0.0435. The van der Waals surface area contributed by atoms with Crippen LogP contribution in [0.5, 0.6) is 5.75 Å². The van der Waals surface area contributed by atoms with E-state index in [0.29, 0.717) is 13.1 Å². The number of aliphatic carboxylic acids is 1. The zero-order valence-corrected chi connectivity index (χ0v) is 12.0. The van der Waals surface area contributed by atoms with Gasteiger partial charge >= 0.3 is 12.6 Å². The van der Waals surface area contributed by atoms with E-state index in [-0.39, 0.29) is 23.6 Å². The van der Waals surface area contributed by atoms with Crippen molar-refractivity contribution >= 4 is 5.97 Å². The van der Waals surface area contributed by atoms with Gasteiger partial charge in [0.05, 0.1) is 5.92 Å². The van der Waals surface area contributed by atoms with Gasteiger partial charge in [-0.25, -0.2) is 0 Å². The van der Waals surface area contributed by atoms with E-state index in [1.807, 2.05) is 19.9 Å². The highest BCUT2D eigenvalue weighted by Crippen LogP contribution is 2.32. The molecule has 6 heteroatoms. The number of carbonyl (C=O) groups is 1. The third-order valence-electron chi connectivity index (χ3n) is 4.07. The van der Waals surface area contributed by atoms with E-state index >= 15 is 0 Å². The van der Waals surface area contributed by atoms with Crippen LogP contribution >= 0.6 is 0 Å². The Labute approximate surface area is 122 Å². The van der Waals surface area contributed by atoms with Gasteiger partial charge in [-0.05, 0) is 30.5 Å². The maximum absolute atomic E-state index is 12.2. The molecule has 3 atom stereocenters. The lowest BCUT2D eigenvalue weighted by molar-refractivity contribution is -0.142. The predicted octanol–water partition coefficient (Wildman–Crippen LogP) is 3.00. The van der Waals surface area contributed by atoms with Crippen LogP contribution in [0, 0.1) is 11.8 Å². The molecule has 1 aromatic rings. The van der Waals surface area contributed by atoms with Gasteiger partial charge in [-0.3, -0.25) is 9.69 Å². The SMILES string of the molecule is CC(c1cccc(OC(F)F)c1)N1C[C@@H](C)[C@H](C(=O)O)C1. The van der Waals surface area contributed by atoms with Crippen LogP contribution in [-0.4, -0.2) is 35.7 Å². The van der Waals surface area contributed by atoms with E-state index in [0.717, 1.165) is 5.56 Å². The third-order valence-corrected chi connectivity index (χ3v) is 4.07. The molecule has 0 bridgehead atoms. The second-order valence-corrected chi connectivity index (χ2v) is 5.50. The summed E-state index contributed by atoms with van der Waals surface area (Å²) in [5.74, 6) is -0.971. The lowest BCUT2D eigenvalue weighted by atomic mass is 9.99. The van der Waals surface area contributed by atoms with Crippen molar-refractivity contribution < 1.29 is 23.4 Å². The Kier molecular flexibility index (Phi) is 4.77. The molecule has 1 aliphatic heterocycles. The first kappa shape index (κ1) is 15.7. The van der Waals surface area contributed by atoms with Crippen molar-refractivity contribution in [2.75, 3.05) is 13.1 Å². The molecule has 116 valence electrons. The highest BCUT2D eigenvalue weighted by molar-refractivity contribution is 5.71. The van der Waals surface area contributed by atoms with E-state index < -0.39 is 12.6 Å². The number of halogens is 2. The number of carboxylic acids is 1. The lowest BCUT2D eigenvalue weighted by Crippen LogP contribution is -2.26. The zero-order valence-electron chi connectivity index (χ0n) is 12.0. The summed E-state index contributed by atoms with van der Waals surface area (Å²) in [6.45, 7) is 2.16. The molecule has 1 heterocycles. The van der Waals surface area contributed by atoms with Gasteiger partial charge in [0.25, 0.3) is 0 Å². The lowest BCUT2D eigenvalue weighted by Gasteiger charge is -2.25. The molecule has 1 aromatic carbocycles. The fourth-order valence-electron chi connectivity index (χ4n) is 2.80. The summed E-state index contributed by atoms with van der Waals surface area (Å²) in [5.41, 5.74) is 0.839. The van der Waals surface area contributed by atoms with E-state index in [2.05, 4.69) is 9.64 Å². The second-order valence-electron chi connectivity index (χ2n) is 5.50. The number of hydrogen-bond acceptors (Lipinski definition) is 3. The molecule has 21 heavy (non-hydrogen) atoms. The first-order valence-corrected chi connectivity index (χ1v) is 6.90. The number of ether oxygens (including phenoxy) is 1. The second kappa shape index (κ2) is 6.39. The molecule has 0 radical (unpaired) electrons. The normalized spacial score (nSPS) is 24.2. The van der Waals surface area contributed by atoms with Crippen molar-refractivity contribution in [3.05, 3.63) is 29.8 Å². The first-order chi connectivity index (χ1) is 9.88. The molecule has 0 saturated carbocycles. The summed E-state index contributed by atoms with van der Waals surface area (Å²) < 4.78 is 28.9. The molecule has 1 aliphatic rings. The topological polar surface area (TPSA) is 49.8 Å². The zero-order chi connectivity index (χ0) is 15.6. The molecule has 0 aromatic heterocycles. The maximum Gasteiger partial charge on any atom is 0.387 e. The Morgan fingerprint density at radius 1 is 1.43 bits per heavy atom. The smallest absolute Gasteiger partial charge is 0.387 e. The Hall–Kier alpha value is -1.69. The van der Waals surface area contributed by atoms with Gasteiger partial charge in [0, 0.05) is 19.1 Å². The standard InChI is InChI=1S/C15H19F2NO3/c1-9-7-18(8-13(9)14(19)20)10(2)11-4-3-5-12(6-11)21-15(16)17/h3-6,9-10,13,15H,7-8H2,1-2H3,(H,19,20)/t9-,10?,13-/m1/s1. The molecular weight excluding hydrogens is 280 g/mol. The minimum atomic E-state index is -2.85. The van der Waals surface area contributed by atoms with Crippen LogP contribution in [0.2, 0.25) is 0 Å². The monoisotopic (exact) mass is 299 g/mol. The van der Waals surface area contributed by atoms with Gasteiger partial charge in [0.2, 0.25) is 0 Å². The molecule has 2 rings (SSSR count). The van der Waals surface area contributed by atoms with Gasteiger partial charge in [-0.2, -0.15) is 8.78 Å². The number of nitrogens with zero attached hydrogens (tertiary/aromatic N) is 1. The van der Waals surface area contributed by atoms with Crippen LogP contribution in [-0.2, 0) is 4.79 Å². The minimum Gasteiger partial charge on any atom is -0.481 e.